The molecule has 0 bridgehead atoms. The van der Waals surface area contributed by atoms with Crippen LogP contribution in [0.2, 0.25) is 0 Å². The second kappa shape index (κ2) is 9.28. The molecule has 0 aliphatic rings. The summed E-state index contributed by atoms with van der Waals surface area (Å²) in [6.07, 6.45) is 0.409. The molecule has 0 aliphatic heterocycles. The minimum Gasteiger partial charge on any atom is -0.508 e. The standard InChI is InChI=1S/C21H21NO4/c1-3-26-20(24)13-8-17(14-22)21(15-4-9-18(23)10-5-15)16-6-11-19(25-2)12-7-16/h4-7,9-12,23H,3,8,13H2,1-2H3/b21-17-. The fraction of sp³-hybridized carbons (Fsp3) is 0.238. The second-order valence-electron chi connectivity index (χ2n) is 5.55. The number of allylic oxidation sites excluding steroid dienone is 1. The fourth-order valence-corrected chi connectivity index (χ4v) is 2.60. The zero-order valence-corrected chi connectivity index (χ0v) is 14.9. The molecule has 0 saturated carbocycles. The third kappa shape index (κ3) is 4.87. The highest BCUT2D eigenvalue weighted by Gasteiger charge is 2.14. The van der Waals surface area contributed by atoms with E-state index in [9.17, 15) is 15.2 Å². The Morgan fingerprint density at radius 2 is 1.62 bits per heavy atom. The zero-order chi connectivity index (χ0) is 18.9. The van der Waals surface area contributed by atoms with E-state index in [1.807, 2.05) is 24.3 Å². The lowest BCUT2D eigenvalue weighted by Crippen LogP contribution is -2.04. The first-order valence-electron chi connectivity index (χ1n) is 8.31. The van der Waals surface area contributed by atoms with Gasteiger partial charge in [-0.3, -0.25) is 4.79 Å². The summed E-state index contributed by atoms with van der Waals surface area (Å²) in [7, 11) is 1.59. The van der Waals surface area contributed by atoms with Crippen LogP contribution in [0.15, 0.2) is 54.1 Å². The number of carbonyl (C=O) groups excluding carboxylic acids is 1. The van der Waals surface area contributed by atoms with Crippen LogP contribution in [0.1, 0.15) is 30.9 Å². The van der Waals surface area contributed by atoms with E-state index >= 15 is 0 Å². The maximum Gasteiger partial charge on any atom is 0.306 e. The van der Waals surface area contributed by atoms with Crippen molar-refractivity contribution in [2.45, 2.75) is 19.8 Å². The number of ether oxygens (including phenoxy) is 2. The van der Waals surface area contributed by atoms with Gasteiger partial charge >= 0.3 is 5.97 Å². The number of nitrogens with zero attached hydrogens (tertiary/aromatic N) is 1. The Bertz CT molecular complexity index is 815. The van der Waals surface area contributed by atoms with Crippen molar-refractivity contribution in [3.05, 3.63) is 65.2 Å². The number of phenols is 1. The average molecular weight is 351 g/mol. The lowest BCUT2D eigenvalue weighted by Gasteiger charge is -2.13. The van der Waals surface area contributed by atoms with E-state index in [-0.39, 0.29) is 24.6 Å². The summed E-state index contributed by atoms with van der Waals surface area (Å²) in [5.41, 5.74) is 2.82. The minimum atomic E-state index is -0.333. The van der Waals surface area contributed by atoms with Crippen molar-refractivity contribution in [1.29, 1.82) is 5.26 Å². The van der Waals surface area contributed by atoms with Gasteiger partial charge in [0.1, 0.15) is 11.5 Å². The third-order valence-corrected chi connectivity index (χ3v) is 3.86. The molecule has 0 saturated heterocycles. The van der Waals surface area contributed by atoms with Crippen LogP contribution >= 0.6 is 0 Å². The molecule has 134 valence electrons. The van der Waals surface area contributed by atoms with Crippen molar-refractivity contribution >= 4 is 11.5 Å². The maximum absolute atomic E-state index is 11.7. The summed E-state index contributed by atoms with van der Waals surface area (Å²) in [5, 5.41) is 19.2. The molecule has 0 heterocycles. The first kappa shape index (κ1) is 19.1. The molecule has 2 rings (SSSR count). The van der Waals surface area contributed by atoms with Gasteiger partial charge in [0.2, 0.25) is 0 Å². The van der Waals surface area contributed by atoms with Gasteiger partial charge in [0.05, 0.1) is 26.2 Å². The Kier molecular flexibility index (Phi) is 6.81. The lowest BCUT2D eigenvalue weighted by atomic mass is 9.91. The zero-order valence-electron chi connectivity index (χ0n) is 14.9. The van der Waals surface area contributed by atoms with Crippen LogP contribution in [0.5, 0.6) is 11.5 Å². The van der Waals surface area contributed by atoms with Gasteiger partial charge in [0, 0.05) is 11.1 Å². The minimum absolute atomic E-state index is 0.133. The predicted octanol–water partition coefficient (Wildman–Crippen LogP) is 4.07. The molecule has 0 radical (unpaired) electrons. The molecular formula is C21H21NO4. The molecule has 5 heteroatoms. The molecular weight excluding hydrogens is 330 g/mol. The van der Waals surface area contributed by atoms with Crippen LogP contribution in [-0.4, -0.2) is 24.8 Å². The predicted molar refractivity (Wildman–Crippen MR) is 98.6 cm³/mol. The van der Waals surface area contributed by atoms with E-state index in [2.05, 4.69) is 6.07 Å². The van der Waals surface area contributed by atoms with Crippen molar-refractivity contribution in [1.82, 2.24) is 0 Å². The van der Waals surface area contributed by atoms with Crippen molar-refractivity contribution in [2.75, 3.05) is 13.7 Å². The van der Waals surface area contributed by atoms with Gasteiger partial charge in [-0.05, 0) is 48.7 Å². The van der Waals surface area contributed by atoms with Gasteiger partial charge in [-0.25, -0.2) is 0 Å². The van der Waals surface area contributed by atoms with Gasteiger partial charge in [0.15, 0.2) is 0 Å². The summed E-state index contributed by atoms with van der Waals surface area (Å²) >= 11 is 0. The Labute approximate surface area is 153 Å². The number of aromatic hydroxyl groups is 1. The van der Waals surface area contributed by atoms with Crippen LogP contribution in [0.25, 0.3) is 5.57 Å². The molecule has 0 aromatic heterocycles. The van der Waals surface area contributed by atoms with Crippen LogP contribution in [0.3, 0.4) is 0 Å². The van der Waals surface area contributed by atoms with Crippen LogP contribution in [0.4, 0.5) is 0 Å². The van der Waals surface area contributed by atoms with Gasteiger partial charge in [-0.2, -0.15) is 5.26 Å². The smallest absolute Gasteiger partial charge is 0.306 e. The van der Waals surface area contributed by atoms with E-state index in [0.717, 1.165) is 16.7 Å². The number of benzene rings is 2. The molecule has 0 aliphatic carbocycles. The molecule has 1 N–H and O–H groups in total. The molecule has 5 nitrogen and oxygen atoms in total. The Morgan fingerprint density at radius 3 is 2.12 bits per heavy atom. The number of hydrogen-bond donors (Lipinski definition) is 1. The average Bonchev–Trinajstić information content (AvgIpc) is 2.66. The second-order valence-corrected chi connectivity index (χ2v) is 5.55. The van der Waals surface area contributed by atoms with Gasteiger partial charge in [-0.15, -0.1) is 0 Å². The summed E-state index contributed by atoms with van der Waals surface area (Å²) in [5.74, 6) is 0.525. The normalized spacial score (nSPS) is 11.3. The highest BCUT2D eigenvalue weighted by Crippen LogP contribution is 2.31. The molecule has 26 heavy (non-hydrogen) atoms. The first-order valence-corrected chi connectivity index (χ1v) is 8.31. The topological polar surface area (TPSA) is 79.6 Å². The third-order valence-electron chi connectivity index (χ3n) is 3.86. The summed E-state index contributed by atoms with van der Waals surface area (Å²) in [6, 6.07) is 16.2. The van der Waals surface area contributed by atoms with Crippen LogP contribution in [0, 0.1) is 11.3 Å². The highest BCUT2D eigenvalue weighted by atomic mass is 16.5. The number of hydrogen-bond acceptors (Lipinski definition) is 5. The van der Waals surface area contributed by atoms with Crippen LogP contribution in [-0.2, 0) is 9.53 Å². The molecule has 2 aromatic carbocycles. The summed E-state index contributed by atoms with van der Waals surface area (Å²) < 4.78 is 10.1. The van der Waals surface area contributed by atoms with E-state index in [1.165, 1.54) is 0 Å². The van der Waals surface area contributed by atoms with Gasteiger partial charge in [-0.1, -0.05) is 24.3 Å². The maximum atomic E-state index is 11.7. The van der Waals surface area contributed by atoms with Gasteiger partial charge in [0.25, 0.3) is 0 Å². The van der Waals surface area contributed by atoms with E-state index < -0.39 is 0 Å². The molecule has 2 aromatic rings. The number of carbonyl (C=O) groups is 1. The molecule has 0 amide bonds. The number of esters is 1. The highest BCUT2D eigenvalue weighted by molar-refractivity contribution is 5.85. The fourth-order valence-electron chi connectivity index (χ4n) is 2.60. The first-order chi connectivity index (χ1) is 12.6. The number of phenolic OH excluding ortho intramolecular Hbond substituents is 1. The van der Waals surface area contributed by atoms with Crippen LogP contribution < -0.4 is 4.74 Å². The summed E-state index contributed by atoms with van der Waals surface area (Å²) in [6.45, 7) is 2.06. The Morgan fingerprint density at radius 1 is 1.04 bits per heavy atom. The molecule has 0 fully saturated rings. The Balaban J connectivity index is 2.47. The van der Waals surface area contributed by atoms with Crippen molar-refractivity contribution in [2.24, 2.45) is 0 Å². The Hall–Kier alpha value is -3.26. The molecule has 0 spiro atoms. The molecule has 0 atom stereocenters. The van der Waals surface area contributed by atoms with E-state index in [1.54, 1.807) is 38.3 Å². The quantitative estimate of drug-likeness (QED) is 0.601. The van der Waals surface area contributed by atoms with E-state index in [0.29, 0.717) is 17.9 Å². The summed E-state index contributed by atoms with van der Waals surface area (Å²) in [4.78, 5) is 11.7. The number of rotatable bonds is 7. The van der Waals surface area contributed by atoms with Crippen molar-refractivity contribution in [3.8, 4) is 17.6 Å². The van der Waals surface area contributed by atoms with Crippen molar-refractivity contribution in [3.63, 3.8) is 0 Å². The number of methoxy groups -OCH3 is 1. The molecule has 0 unspecified atom stereocenters. The number of nitriles is 1. The lowest BCUT2D eigenvalue weighted by molar-refractivity contribution is -0.143. The van der Waals surface area contributed by atoms with Gasteiger partial charge < -0.3 is 14.6 Å². The van der Waals surface area contributed by atoms with E-state index in [4.69, 9.17) is 9.47 Å². The van der Waals surface area contributed by atoms with Crippen molar-refractivity contribution < 1.29 is 19.4 Å². The SMILES string of the molecule is CCOC(=O)CC/C(C#N)=C(\c1ccc(O)cc1)c1ccc(OC)cc1. The largest absolute Gasteiger partial charge is 0.508 e. The monoisotopic (exact) mass is 351 g/mol.